The van der Waals surface area contributed by atoms with Crippen molar-refractivity contribution in [2.45, 2.75) is 51.5 Å². The van der Waals surface area contributed by atoms with Crippen molar-refractivity contribution < 1.29 is 22.7 Å². The van der Waals surface area contributed by atoms with Gasteiger partial charge in [-0.1, -0.05) is 39.3 Å². The van der Waals surface area contributed by atoms with E-state index in [1.54, 1.807) is 26.0 Å². The van der Waals surface area contributed by atoms with E-state index in [2.05, 4.69) is 5.32 Å². The zero-order valence-electron chi connectivity index (χ0n) is 17.0. The molecule has 0 aliphatic carbocycles. The maximum Gasteiger partial charge on any atom is 0.331 e. The quantitative estimate of drug-likeness (QED) is 0.447. The highest BCUT2D eigenvalue weighted by molar-refractivity contribution is 7.89. The Hall–Kier alpha value is -2.19. The van der Waals surface area contributed by atoms with Crippen LogP contribution < -0.4 is 5.32 Å². The fraction of sp³-hybridized carbons (Fsp3) is 0.500. The molecule has 1 amide bonds. The number of amides is 1. The summed E-state index contributed by atoms with van der Waals surface area (Å²) >= 11 is 0. The molecule has 0 saturated heterocycles. The van der Waals surface area contributed by atoms with Gasteiger partial charge >= 0.3 is 5.97 Å². The third kappa shape index (κ3) is 7.44. The van der Waals surface area contributed by atoms with Crippen molar-refractivity contribution in [1.82, 2.24) is 9.62 Å². The van der Waals surface area contributed by atoms with Gasteiger partial charge in [-0.3, -0.25) is 4.79 Å². The molecule has 28 heavy (non-hydrogen) atoms. The Kier molecular flexibility index (Phi) is 9.89. The largest absolute Gasteiger partial charge is 0.452 e. The van der Waals surface area contributed by atoms with Gasteiger partial charge in [0.2, 0.25) is 10.0 Å². The first-order chi connectivity index (χ1) is 13.2. The van der Waals surface area contributed by atoms with E-state index in [9.17, 15) is 18.0 Å². The first kappa shape index (κ1) is 23.8. The maximum absolute atomic E-state index is 12.4. The number of esters is 1. The van der Waals surface area contributed by atoms with Crippen molar-refractivity contribution >= 4 is 28.0 Å². The van der Waals surface area contributed by atoms with E-state index in [0.717, 1.165) is 12.8 Å². The minimum absolute atomic E-state index is 0.0397. The van der Waals surface area contributed by atoms with Crippen molar-refractivity contribution in [2.24, 2.45) is 0 Å². The molecule has 1 unspecified atom stereocenters. The maximum atomic E-state index is 12.4. The third-order valence-corrected chi connectivity index (χ3v) is 6.17. The van der Waals surface area contributed by atoms with Crippen LogP contribution in [0.5, 0.6) is 0 Å². The molecule has 0 heterocycles. The number of carbonyl (C=O) groups is 2. The number of sulfonamides is 1. The van der Waals surface area contributed by atoms with Crippen LogP contribution in [-0.2, 0) is 24.3 Å². The first-order valence-corrected chi connectivity index (χ1v) is 10.9. The molecule has 8 heteroatoms. The van der Waals surface area contributed by atoms with Crippen LogP contribution in [0.3, 0.4) is 0 Å². The molecule has 1 atom stereocenters. The Bertz CT molecular complexity index is 768. The predicted molar refractivity (Wildman–Crippen MR) is 109 cm³/mol. The molecular weight excluding hydrogens is 380 g/mol. The van der Waals surface area contributed by atoms with Gasteiger partial charge in [0, 0.05) is 25.2 Å². The number of benzene rings is 1. The molecule has 7 nitrogen and oxygen atoms in total. The Morgan fingerprint density at radius 3 is 2.29 bits per heavy atom. The van der Waals surface area contributed by atoms with Gasteiger partial charge in [0.05, 0.1) is 4.90 Å². The lowest BCUT2D eigenvalue weighted by Crippen LogP contribution is -2.35. The highest BCUT2D eigenvalue weighted by Crippen LogP contribution is 2.16. The van der Waals surface area contributed by atoms with Crippen LogP contribution in [0.25, 0.3) is 6.08 Å². The van der Waals surface area contributed by atoms with Crippen LogP contribution in [0, 0.1) is 0 Å². The first-order valence-electron chi connectivity index (χ1n) is 9.48. The Labute approximate surface area is 167 Å². The minimum Gasteiger partial charge on any atom is -0.452 e. The van der Waals surface area contributed by atoms with Gasteiger partial charge in [-0.15, -0.1) is 0 Å². The van der Waals surface area contributed by atoms with Crippen LogP contribution >= 0.6 is 0 Å². The molecule has 1 aromatic carbocycles. The molecule has 0 aliphatic heterocycles. The van der Waals surface area contributed by atoms with E-state index in [4.69, 9.17) is 4.74 Å². The molecule has 0 radical (unpaired) electrons. The summed E-state index contributed by atoms with van der Waals surface area (Å²) < 4.78 is 31.1. The molecular formula is C20H30N2O5S. The second-order valence-corrected chi connectivity index (χ2v) is 8.29. The number of nitrogens with one attached hydrogen (secondary N) is 1. The molecule has 1 rings (SSSR count). The van der Waals surface area contributed by atoms with Crippen molar-refractivity contribution in [3.05, 3.63) is 35.9 Å². The second-order valence-electron chi connectivity index (χ2n) is 6.36. The molecule has 1 N–H and O–H groups in total. The molecule has 156 valence electrons. The molecule has 0 bridgehead atoms. The van der Waals surface area contributed by atoms with Crippen LogP contribution in [0.15, 0.2) is 35.2 Å². The number of ether oxygens (including phenoxy) is 1. The summed E-state index contributed by atoms with van der Waals surface area (Å²) in [6.45, 7) is 7.96. The zero-order valence-corrected chi connectivity index (χ0v) is 17.8. The molecule has 0 spiro atoms. The van der Waals surface area contributed by atoms with E-state index in [0.29, 0.717) is 18.7 Å². The Morgan fingerprint density at radius 2 is 1.75 bits per heavy atom. The molecule has 0 aromatic heterocycles. The number of hydrogen-bond donors (Lipinski definition) is 1. The van der Waals surface area contributed by atoms with Gasteiger partial charge in [0.15, 0.2) is 6.61 Å². The summed E-state index contributed by atoms with van der Waals surface area (Å²) in [6, 6.07) is 6.26. The molecule has 0 aliphatic rings. The topological polar surface area (TPSA) is 92.8 Å². The van der Waals surface area contributed by atoms with Gasteiger partial charge in [-0.05, 0) is 37.1 Å². The Balaban J connectivity index is 2.61. The van der Waals surface area contributed by atoms with Crippen LogP contribution in [0.2, 0.25) is 0 Å². The average molecular weight is 411 g/mol. The lowest BCUT2D eigenvalue weighted by Gasteiger charge is -2.18. The Morgan fingerprint density at radius 1 is 1.14 bits per heavy atom. The van der Waals surface area contributed by atoms with Crippen LogP contribution in [0.1, 0.15) is 46.1 Å². The van der Waals surface area contributed by atoms with Gasteiger partial charge in [0.25, 0.3) is 5.91 Å². The molecule has 1 aromatic rings. The fourth-order valence-electron chi connectivity index (χ4n) is 2.63. The summed E-state index contributed by atoms with van der Waals surface area (Å²) in [5.41, 5.74) is 0.650. The van der Waals surface area contributed by atoms with Gasteiger partial charge in [0.1, 0.15) is 0 Å². The third-order valence-electron chi connectivity index (χ3n) is 4.11. The van der Waals surface area contributed by atoms with Gasteiger partial charge < -0.3 is 10.1 Å². The fourth-order valence-corrected chi connectivity index (χ4v) is 4.09. The highest BCUT2D eigenvalue weighted by Gasteiger charge is 2.20. The highest BCUT2D eigenvalue weighted by atomic mass is 32.2. The minimum atomic E-state index is -3.51. The smallest absolute Gasteiger partial charge is 0.331 e. The van der Waals surface area contributed by atoms with Crippen molar-refractivity contribution in [3.63, 3.8) is 0 Å². The van der Waals surface area contributed by atoms with Crippen molar-refractivity contribution in [3.8, 4) is 0 Å². The summed E-state index contributed by atoms with van der Waals surface area (Å²) in [7, 11) is -3.51. The molecule has 0 fully saturated rings. The van der Waals surface area contributed by atoms with Gasteiger partial charge in [-0.2, -0.15) is 4.31 Å². The number of hydrogen-bond acceptors (Lipinski definition) is 5. The predicted octanol–water partition coefficient (Wildman–Crippen LogP) is 2.58. The standard InChI is InChI=1S/C20H30N2O5S/c1-5-8-16(4)21-19(23)15-27-20(24)14-11-17-9-12-18(13-10-17)28(25,26)22(6-2)7-3/h9-14,16H,5-8,15H2,1-4H3,(H,21,23)/b14-11+. The number of carbonyl (C=O) groups excluding carboxylic acids is 2. The normalized spacial score (nSPS) is 12.9. The van der Waals surface area contributed by atoms with E-state index in [-0.39, 0.29) is 23.5 Å². The van der Waals surface area contributed by atoms with Gasteiger partial charge in [-0.25, -0.2) is 13.2 Å². The van der Waals surface area contributed by atoms with Crippen LogP contribution in [-0.4, -0.2) is 50.3 Å². The summed E-state index contributed by atoms with van der Waals surface area (Å²) in [5.74, 6) is -0.980. The second kappa shape index (κ2) is 11.6. The van der Waals surface area contributed by atoms with E-state index < -0.39 is 16.0 Å². The molecule has 0 saturated carbocycles. The van der Waals surface area contributed by atoms with Crippen LogP contribution in [0.4, 0.5) is 0 Å². The lowest BCUT2D eigenvalue weighted by atomic mass is 10.2. The SMILES string of the molecule is CCCC(C)NC(=O)COC(=O)/C=C/c1ccc(S(=O)(=O)N(CC)CC)cc1. The number of nitrogens with zero attached hydrogens (tertiary/aromatic N) is 1. The summed E-state index contributed by atoms with van der Waals surface area (Å²) in [4.78, 5) is 23.6. The summed E-state index contributed by atoms with van der Waals surface area (Å²) in [6.07, 6.45) is 4.53. The zero-order chi connectivity index (χ0) is 21.2. The number of rotatable bonds is 11. The monoisotopic (exact) mass is 410 g/mol. The van der Waals surface area contributed by atoms with E-state index >= 15 is 0 Å². The van der Waals surface area contributed by atoms with Crippen molar-refractivity contribution in [2.75, 3.05) is 19.7 Å². The summed E-state index contributed by atoms with van der Waals surface area (Å²) in [5, 5.41) is 2.75. The average Bonchev–Trinajstić information content (AvgIpc) is 2.66. The van der Waals surface area contributed by atoms with E-state index in [1.165, 1.54) is 28.6 Å². The lowest BCUT2D eigenvalue weighted by molar-refractivity contribution is -0.144. The van der Waals surface area contributed by atoms with E-state index in [1.807, 2.05) is 13.8 Å². The van der Waals surface area contributed by atoms with Crippen molar-refractivity contribution in [1.29, 1.82) is 0 Å².